The van der Waals surface area contributed by atoms with Crippen molar-refractivity contribution in [3.8, 4) is 0 Å². The normalized spacial score (nSPS) is 23.4. The van der Waals surface area contributed by atoms with E-state index in [9.17, 15) is 9.59 Å². The summed E-state index contributed by atoms with van der Waals surface area (Å²) in [6, 6.07) is 8.11. The van der Waals surface area contributed by atoms with E-state index in [2.05, 4.69) is 13.8 Å². The molecule has 3 rings (SSSR count). The van der Waals surface area contributed by atoms with Crippen molar-refractivity contribution in [2.45, 2.75) is 52.9 Å². The fourth-order valence-electron chi connectivity index (χ4n) is 4.38. The van der Waals surface area contributed by atoms with Gasteiger partial charge in [-0.25, -0.2) is 0 Å². The highest BCUT2D eigenvalue weighted by atomic mass is 16.5. The predicted octanol–water partition coefficient (Wildman–Crippen LogP) is 4.52. The smallest absolute Gasteiger partial charge is 0.315 e. The summed E-state index contributed by atoms with van der Waals surface area (Å²) in [6.07, 6.45) is 1.98. The van der Waals surface area contributed by atoms with Crippen LogP contribution < -0.4 is 4.90 Å². The first-order valence-electron chi connectivity index (χ1n) is 10.4. The molecule has 5 heteroatoms. The Balaban J connectivity index is 2.11. The van der Waals surface area contributed by atoms with E-state index in [0.717, 1.165) is 35.5 Å². The molecule has 0 spiro atoms. The number of benzene rings is 1. The second kappa shape index (κ2) is 8.13. The molecule has 0 saturated heterocycles. The second-order valence-electron chi connectivity index (χ2n) is 9.16. The molecular weight excluding hydrogens is 364 g/mol. The van der Waals surface area contributed by atoms with Gasteiger partial charge in [0.25, 0.3) is 0 Å². The van der Waals surface area contributed by atoms with Crippen LogP contribution in [0.4, 0.5) is 5.69 Å². The van der Waals surface area contributed by atoms with Crippen LogP contribution in [-0.4, -0.2) is 38.2 Å². The third-order valence-electron chi connectivity index (χ3n) is 5.77. The average molecular weight is 397 g/mol. The van der Waals surface area contributed by atoms with Crippen LogP contribution in [-0.2, 0) is 14.3 Å². The van der Waals surface area contributed by atoms with Crippen molar-refractivity contribution >= 4 is 23.2 Å². The number of nitrogens with zero attached hydrogens (tertiary/aromatic N) is 2. The van der Waals surface area contributed by atoms with Gasteiger partial charge in [0.2, 0.25) is 0 Å². The Morgan fingerprint density at radius 2 is 1.86 bits per heavy atom. The van der Waals surface area contributed by atoms with Crippen molar-refractivity contribution in [3.05, 3.63) is 41.1 Å². The summed E-state index contributed by atoms with van der Waals surface area (Å²) < 4.78 is 5.51. The molecule has 1 aliphatic heterocycles. The lowest BCUT2D eigenvalue weighted by atomic mass is 9.67. The van der Waals surface area contributed by atoms with E-state index < -0.39 is 5.92 Å². The number of hydrogen-bond donors (Lipinski definition) is 0. The van der Waals surface area contributed by atoms with Gasteiger partial charge in [-0.15, -0.1) is 0 Å². The molecule has 1 aromatic rings. The maximum Gasteiger partial charge on any atom is 0.315 e. The number of carbonyl (C=O) groups is 2. The molecule has 0 amide bonds. The molecule has 1 aromatic carbocycles. The standard InChI is InChI=1S/C24H32N2O3/c1-7-12-29-23(28)20-15(2)25-18-13-24(3,4)14-19(27)22(18)21(20)16-8-10-17(11-9-16)26(5)6/h8-11,20-21H,7,12-14H2,1-6H3/t20?,21-/m1/s1. The van der Waals surface area contributed by atoms with E-state index in [1.54, 1.807) is 0 Å². The van der Waals surface area contributed by atoms with E-state index in [-0.39, 0.29) is 23.1 Å². The van der Waals surface area contributed by atoms with Gasteiger partial charge in [0, 0.05) is 49.1 Å². The first kappa shape index (κ1) is 21.3. The van der Waals surface area contributed by atoms with Crippen LogP contribution in [0.1, 0.15) is 58.4 Å². The highest BCUT2D eigenvalue weighted by molar-refractivity contribution is 6.09. The third-order valence-corrected chi connectivity index (χ3v) is 5.77. The summed E-state index contributed by atoms with van der Waals surface area (Å²) in [6.45, 7) is 8.43. The van der Waals surface area contributed by atoms with E-state index >= 15 is 0 Å². The summed E-state index contributed by atoms with van der Waals surface area (Å²) in [5.41, 5.74) is 4.19. The molecule has 0 saturated carbocycles. The zero-order valence-electron chi connectivity index (χ0n) is 18.4. The molecule has 2 aliphatic rings. The molecule has 0 bridgehead atoms. The number of allylic oxidation sites excluding steroid dienone is 2. The Hall–Kier alpha value is -2.43. The zero-order valence-corrected chi connectivity index (χ0v) is 18.4. The molecule has 5 nitrogen and oxygen atoms in total. The van der Waals surface area contributed by atoms with Crippen molar-refractivity contribution < 1.29 is 14.3 Å². The van der Waals surface area contributed by atoms with Crippen LogP contribution in [0.15, 0.2) is 40.5 Å². The summed E-state index contributed by atoms with van der Waals surface area (Å²) in [7, 11) is 3.98. The molecule has 2 atom stereocenters. The molecule has 0 aromatic heterocycles. The van der Waals surface area contributed by atoms with Gasteiger partial charge in [-0.2, -0.15) is 0 Å². The van der Waals surface area contributed by atoms with E-state index in [4.69, 9.17) is 9.73 Å². The minimum atomic E-state index is -0.560. The van der Waals surface area contributed by atoms with Crippen LogP contribution in [0.3, 0.4) is 0 Å². The van der Waals surface area contributed by atoms with Crippen molar-refractivity contribution in [2.75, 3.05) is 25.6 Å². The number of esters is 1. The van der Waals surface area contributed by atoms with Gasteiger partial charge in [-0.05, 0) is 42.9 Å². The largest absolute Gasteiger partial charge is 0.465 e. The summed E-state index contributed by atoms with van der Waals surface area (Å²) in [5.74, 6) is -1.09. The molecule has 1 heterocycles. The summed E-state index contributed by atoms with van der Waals surface area (Å²) in [4.78, 5) is 33.0. The number of aliphatic imine (C=N–C) groups is 1. The third kappa shape index (κ3) is 4.29. The van der Waals surface area contributed by atoms with E-state index in [0.29, 0.717) is 18.6 Å². The predicted molar refractivity (Wildman–Crippen MR) is 116 cm³/mol. The quantitative estimate of drug-likeness (QED) is 0.687. The summed E-state index contributed by atoms with van der Waals surface area (Å²) >= 11 is 0. The van der Waals surface area contributed by atoms with Gasteiger partial charge in [0.05, 0.1) is 6.61 Å². The molecule has 0 fully saturated rings. The number of ether oxygens (including phenoxy) is 1. The number of Topliss-reactive ketones (excluding diaryl/α,β-unsaturated/α-hetero) is 1. The zero-order chi connectivity index (χ0) is 21.3. The van der Waals surface area contributed by atoms with Gasteiger partial charge in [0.15, 0.2) is 5.78 Å². The lowest BCUT2D eigenvalue weighted by molar-refractivity contribution is -0.146. The first-order chi connectivity index (χ1) is 13.6. The van der Waals surface area contributed by atoms with Crippen LogP contribution in [0.25, 0.3) is 0 Å². The molecular formula is C24H32N2O3. The monoisotopic (exact) mass is 396 g/mol. The number of rotatable bonds is 5. The van der Waals surface area contributed by atoms with E-state index in [1.807, 2.05) is 57.1 Å². The molecule has 1 unspecified atom stereocenters. The van der Waals surface area contributed by atoms with Crippen molar-refractivity contribution in [1.82, 2.24) is 0 Å². The Bertz CT molecular complexity index is 863. The molecule has 0 N–H and O–H groups in total. The highest BCUT2D eigenvalue weighted by Gasteiger charge is 2.45. The van der Waals surface area contributed by atoms with Gasteiger partial charge in [-0.1, -0.05) is 32.9 Å². The SMILES string of the molecule is CCCOC(=O)C1C(C)=NC2=C(C(=O)CC(C)(C)C2)[C@@H]1c1ccc(N(C)C)cc1. The van der Waals surface area contributed by atoms with Crippen LogP contribution in [0.2, 0.25) is 0 Å². The number of hydrogen-bond acceptors (Lipinski definition) is 5. The molecule has 0 radical (unpaired) electrons. The van der Waals surface area contributed by atoms with E-state index in [1.165, 1.54) is 0 Å². The Morgan fingerprint density at radius 3 is 2.45 bits per heavy atom. The highest BCUT2D eigenvalue weighted by Crippen LogP contribution is 2.48. The fraction of sp³-hybridized carbons (Fsp3) is 0.542. The number of carbonyl (C=O) groups excluding carboxylic acids is 2. The second-order valence-corrected chi connectivity index (χ2v) is 9.16. The Kier molecular flexibility index (Phi) is 5.97. The van der Waals surface area contributed by atoms with Gasteiger partial charge < -0.3 is 9.64 Å². The van der Waals surface area contributed by atoms with Gasteiger partial charge in [-0.3, -0.25) is 14.6 Å². The van der Waals surface area contributed by atoms with Crippen molar-refractivity contribution in [3.63, 3.8) is 0 Å². The lowest BCUT2D eigenvalue weighted by Gasteiger charge is -2.39. The topological polar surface area (TPSA) is 59.0 Å². The maximum atomic E-state index is 13.2. The fourth-order valence-corrected chi connectivity index (χ4v) is 4.38. The van der Waals surface area contributed by atoms with Crippen LogP contribution >= 0.6 is 0 Å². The molecule has 29 heavy (non-hydrogen) atoms. The first-order valence-corrected chi connectivity index (χ1v) is 10.4. The number of ketones is 1. The molecule has 1 aliphatic carbocycles. The van der Waals surface area contributed by atoms with Crippen molar-refractivity contribution in [1.29, 1.82) is 0 Å². The summed E-state index contributed by atoms with van der Waals surface area (Å²) in [5, 5.41) is 0. The maximum absolute atomic E-state index is 13.2. The average Bonchev–Trinajstić information content (AvgIpc) is 2.64. The minimum absolute atomic E-state index is 0.0995. The van der Waals surface area contributed by atoms with Crippen LogP contribution in [0.5, 0.6) is 0 Å². The number of anilines is 1. The Labute approximate surface area is 173 Å². The Morgan fingerprint density at radius 1 is 1.21 bits per heavy atom. The minimum Gasteiger partial charge on any atom is -0.465 e. The van der Waals surface area contributed by atoms with Gasteiger partial charge in [0.1, 0.15) is 5.92 Å². The van der Waals surface area contributed by atoms with Crippen molar-refractivity contribution in [2.24, 2.45) is 16.3 Å². The molecule has 156 valence electrons. The lowest BCUT2D eigenvalue weighted by Crippen LogP contribution is -2.39. The van der Waals surface area contributed by atoms with Crippen LogP contribution in [0, 0.1) is 11.3 Å². The van der Waals surface area contributed by atoms with Gasteiger partial charge >= 0.3 is 5.97 Å².